The maximum Gasteiger partial charge on any atom is 0.295 e. The van der Waals surface area contributed by atoms with Crippen molar-refractivity contribution in [3.63, 3.8) is 0 Å². The Morgan fingerprint density at radius 3 is 2.29 bits per heavy atom. The van der Waals surface area contributed by atoms with Crippen LogP contribution in [0.4, 0.5) is 17.1 Å². The molecule has 11 heteroatoms. The number of hydrogen-bond acceptors (Lipinski definition) is 8. The summed E-state index contributed by atoms with van der Waals surface area (Å²) < 4.78 is 38.6. The molecule has 34 heavy (non-hydrogen) atoms. The Kier molecular flexibility index (Phi) is 7.37. The zero-order valence-electron chi connectivity index (χ0n) is 19.0. The first-order chi connectivity index (χ1) is 16.1. The zero-order chi connectivity index (χ0) is 24.9. The maximum absolute atomic E-state index is 12.8. The van der Waals surface area contributed by atoms with Gasteiger partial charge in [-0.25, -0.2) is 8.42 Å². The summed E-state index contributed by atoms with van der Waals surface area (Å²) >= 11 is 0. The van der Waals surface area contributed by atoms with Gasteiger partial charge in [0.1, 0.15) is 5.69 Å². The van der Waals surface area contributed by atoms with Crippen LogP contribution in [0.3, 0.4) is 0 Å². The number of hydrazone groups is 1. The van der Waals surface area contributed by atoms with Gasteiger partial charge in [-0.1, -0.05) is 17.7 Å². The van der Waals surface area contributed by atoms with Crippen LogP contribution in [-0.2, 0) is 10.0 Å². The molecule has 2 N–H and O–H groups in total. The standard InChI is InChI=1S/C23H24N4O6S/c1-15-5-8-19(16(2)11-15)26-34(30,31)18-7-9-20(21(13-18)27(28)29)25-24-14-17-6-10-22(32-3)23(12-17)33-4/h5-14,25-26H,1-4H3/b24-14-. The number of ether oxygens (including phenoxy) is 2. The highest BCUT2D eigenvalue weighted by Crippen LogP contribution is 2.30. The normalized spacial score (nSPS) is 11.3. The first-order valence-electron chi connectivity index (χ1n) is 10.0. The van der Waals surface area contributed by atoms with Gasteiger partial charge in [0.25, 0.3) is 15.7 Å². The molecule has 10 nitrogen and oxygen atoms in total. The molecule has 0 unspecified atom stereocenters. The summed E-state index contributed by atoms with van der Waals surface area (Å²) in [6.45, 7) is 3.67. The maximum atomic E-state index is 12.8. The summed E-state index contributed by atoms with van der Waals surface area (Å²) in [6, 6.07) is 13.9. The predicted octanol–water partition coefficient (Wildman–Crippen LogP) is 4.48. The molecule has 0 saturated heterocycles. The first kappa shape index (κ1) is 24.5. The van der Waals surface area contributed by atoms with Gasteiger partial charge in [-0.2, -0.15) is 5.10 Å². The van der Waals surface area contributed by atoms with Crippen LogP contribution >= 0.6 is 0 Å². The van der Waals surface area contributed by atoms with Crippen LogP contribution in [0.2, 0.25) is 0 Å². The highest BCUT2D eigenvalue weighted by atomic mass is 32.2. The third-order valence-corrected chi connectivity index (χ3v) is 6.27. The summed E-state index contributed by atoms with van der Waals surface area (Å²) in [7, 11) is -1.02. The predicted molar refractivity (Wildman–Crippen MR) is 131 cm³/mol. The average molecular weight is 485 g/mol. The third kappa shape index (κ3) is 5.62. The lowest BCUT2D eigenvalue weighted by molar-refractivity contribution is -0.384. The second-order valence-electron chi connectivity index (χ2n) is 7.34. The summed E-state index contributed by atoms with van der Waals surface area (Å²) in [5.74, 6) is 1.05. The third-order valence-electron chi connectivity index (χ3n) is 4.91. The molecule has 0 aliphatic carbocycles. The summed E-state index contributed by atoms with van der Waals surface area (Å²) in [5, 5.41) is 15.6. The van der Waals surface area contributed by atoms with Crippen molar-refractivity contribution in [3.05, 3.63) is 81.4 Å². The number of aryl methyl sites for hydroxylation is 2. The number of nitrogens with one attached hydrogen (secondary N) is 2. The number of methoxy groups -OCH3 is 2. The molecule has 0 aromatic heterocycles. The number of hydrogen-bond donors (Lipinski definition) is 2. The first-order valence-corrected chi connectivity index (χ1v) is 11.5. The van der Waals surface area contributed by atoms with Crippen molar-refractivity contribution in [2.45, 2.75) is 18.7 Å². The van der Waals surface area contributed by atoms with Gasteiger partial charge in [-0.3, -0.25) is 20.3 Å². The molecule has 0 bridgehead atoms. The molecule has 0 aliphatic rings. The number of anilines is 2. The molecule has 3 aromatic carbocycles. The van der Waals surface area contributed by atoms with E-state index in [1.807, 2.05) is 13.0 Å². The summed E-state index contributed by atoms with van der Waals surface area (Å²) in [5.41, 5.74) is 4.97. The Bertz CT molecular complexity index is 1360. The molecule has 3 rings (SSSR count). The van der Waals surface area contributed by atoms with Crippen LogP contribution in [0.25, 0.3) is 0 Å². The second-order valence-corrected chi connectivity index (χ2v) is 9.03. The zero-order valence-corrected chi connectivity index (χ0v) is 19.8. The average Bonchev–Trinajstić information content (AvgIpc) is 2.80. The van der Waals surface area contributed by atoms with Crippen molar-refractivity contribution in [1.29, 1.82) is 0 Å². The number of nitro benzene ring substituents is 1. The molecule has 178 valence electrons. The molecule has 0 heterocycles. The van der Waals surface area contributed by atoms with Crippen LogP contribution in [0, 0.1) is 24.0 Å². The lowest BCUT2D eigenvalue weighted by Crippen LogP contribution is -2.14. The van der Waals surface area contributed by atoms with Gasteiger partial charge in [0, 0.05) is 6.07 Å². The SMILES string of the molecule is COc1ccc(/C=N\Nc2ccc(S(=O)(=O)Nc3ccc(C)cc3C)cc2[N+](=O)[O-])cc1OC. The highest BCUT2D eigenvalue weighted by molar-refractivity contribution is 7.92. The van der Waals surface area contributed by atoms with E-state index in [0.717, 1.165) is 17.2 Å². The van der Waals surface area contributed by atoms with E-state index in [4.69, 9.17) is 9.47 Å². The van der Waals surface area contributed by atoms with Gasteiger partial charge in [0.15, 0.2) is 11.5 Å². The Hall–Kier alpha value is -4.12. The summed E-state index contributed by atoms with van der Waals surface area (Å²) in [4.78, 5) is 10.7. The monoisotopic (exact) mass is 484 g/mol. The van der Waals surface area contributed by atoms with E-state index >= 15 is 0 Å². The molecule has 0 radical (unpaired) electrons. The number of benzene rings is 3. The van der Waals surface area contributed by atoms with Crippen molar-refractivity contribution in [2.75, 3.05) is 24.4 Å². The van der Waals surface area contributed by atoms with Crippen molar-refractivity contribution < 1.29 is 22.8 Å². The lowest BCUT2D eigenvalue weighted by Gasteiger charge is -2.12. The highest BCUT2D eigenvalue weighted by Gasteiger charge is 2.22. The van der Waals surface area contributed by atoms with Gasteiger partial charge < -0.3 is 9.47 Å². The quantitative estimate of drug-likeness (QED) is 0.260. The van der Waals surface area contributed by atoms with Gasteiger partial charge in [-0.05, 0) is 61.4 Å². The van der Waals surface area contributed by atoms with E-state index < -0.39 is 20.6 Å². The number of nitro groups is 1. The Morgan fingerprint density at radius 1 is 0.941 bits per heavy atom. The topological polar surface area (TPSA) is 132 Å². The van der Waals surface area contributed by atoms with E-state index in [2.05, 4.69) is 15.2 Å². The molecule has 0 atom stereocenters. The fraction of sp³-hybridized carbons (Fsp3) is 0.174. The Balaban J connectivity index is 1.84. The van der Waals surface area contributed by atoms with Crippen molar-refractivity contribution in [1.82, 2.24) is 0 Å². The fourth-order valence-corrected chi connectivity index (χ4v) is 4.32. The molecule has 0 aliphatic heterocycles. The molecule has 0 spiro atoms. The molecule has 0 saturated carbocycles. The van der Waals surface area contributed by atoms with E-state index in [9.17, 15) is 18.5 Å². The minimum Gasteiger partial charge on any atom is -0.493 e. The van der Waals surface area contributed by atoms with E-state index in [-0.39, 0.29) is 10.6 Å². The number of sulfonamides is 1. The molecule has 3 aromatic rings. The van der Waals surface area contributed by atoms with Crippen LogP contribution < -0.4 is 19.6 Å². The van der Waals surface area contributed by atoms with Gasteiger partial charge in [0.05, 0.1) is 35.9 Å². The molecular formula is C23H24N4O6S. The second kappa shape index (κ2) is 10.2. The van der Waals surface area contributed by atoms with Crippen molar-refractivity contribution >= 4 is 33.3 Å². The Labute approximate surface area is 197 Å². The molecule has 0 fully saturated rings. The van der Waals surface area contributed by atoms with Crippen molar-refractivity contribution in [2.24, 2.45) is 5.10 Å². The van der Waals surface area contributed by atoms with Crippen LogP contribution in [0.15, 0.2) is 64.6 Å². The van der Waals surface area contributed by atoms with E-state index in [0.29, 0.717) is 22.7 Å². The fourth-order valence-electron chi connectivity index (χ4n) is 3.17. The molecule has 0 amide bonds. The van der Waals surface area contributed by atoms with E-state index in [1.165, 1.54) is 32.6 Å². The largest absolute Gasteiger partial charge is 0.493 e. The van der Waals surface area contributed by atoms with Gasteiger partial charge >= 0.3 is 0 Å². The minimum atomic E-state index is -4.05. The van der Waals surface area contributed by atoms with Crippen LogP contribution in [-0.4, -0.2) is 33.8 Å². The molecular weight excluding hydrogens is 460 g/mol. The van der Waals surface area contributed by atoms with Gasteiger partial charge in [0.2, 0.25) is 0 Å². The smallest absolute Gasteiger partial charge is 0.295 e. The van der Waals surface area contributed by atoms with Gasteiger partial charge in [-0.15, -0.1) is 0 Å². The van der Waals surface area contributed by atoms with Crippen molar-refractivity contribution in [3.8, 4) is 11.5 Å². The van der Waals surface area contributed by atoms with Crippen LogP contribution in [0.5, 0.6) is 11.5 Å². The number of rotatable bonds is 9. The Morgan fingerprint density at radius 2 is 1.65 bits per heavy atom. The van der Waals surface area contributed by atoms with Crippen LogP contribution in [0.1, 0.15) is 16.7 Å². The minimum absolute atomic E-state index is 0.0344. The number of nitrogens with zero attached hydrogens (tertiary/aromatic N) is 2. The lowest BCUT2D eigenvalue weighted by atomic mass is 10.1. The summed E-state index contributed by atoms with van der Waals surface area (Å²) in [6.07, 6.45) is 1.44. The van der Waals surface area contributed by atoms with E-state index in [1.54, 1.807) is 37.3 Å².